The van der Waals surface area contributed by atoms with Crippen molar-refractivity contribution in [1.82, 2.24) is 9.62 Å². The highest BCUT2D eigenvalue weighted by molar-refractivity contribution is 9.10. The molecule has 39 heavy (non-hydrogen) atoms. The average molecular weight is 623 g/mol. The van der Waals surface area contributed by atoms with Gasteiger partial charge < -0.3 is 15.4 Å². The Morgan fingerprint density at radius 3 is 2.36 bits per heavy atom. The van der Waals surface area contributed by atoms with Crippen molar-refractivity contribution in [2.75, 3.05) is 13.1 Å². The number of nitrogens with two attached hydrogens (primary N) is 1. The smallest absolute Gasteiger partial charge is 0.298 e. The monoisotopic (exact) mass is 621 g/mol. The number of halogens is 3. The molecule has 0 aromatic heterocycles. The molecular weight excluding hydrogens is 592 g/mol. The van der Waals surface area contributed by atoms with E-state index in [0.29, 0.717) is 22.0 Å². The number of fused-ring (bicyclic) bond motifs is 1. The van der Waals surface area contributed by atoms with E-state index in [1.807, 2.05) is 10.8 Å². The van der Waals surface area contributed by atoms with Crippen LogP contribution in [0, 0.1) is 0 Å². The van der Waals surface area contributed by atoms with Crippen LogP contribution in [0.15, 0.2) is 70.0 Å². The molecule has 3 aromatic rings. The van der Waals surface area contributed by atoms with E-state index in [0.717, 1.165) is 43.2 Å². The fourth-order valence-corrected chi connectivity index (χ4v) is 6.64. The number of nitrogens with one attached hydrogen (secondary N) is 1. The molecule has 1 aliphatic heterocycles. The zero-order valence-corrected chi connectivity index (χ0v) is 23.6. The fraction of sp³-hybridized carbons (Fsp3) is 0.393. The van der Waals surface area contributed by atoms with Gasteiger partial charge in [0.2, 0.25) is 15.9 Å². The molecule has 3 aromatic carbocycles. The third-order valence-electron chi connectivity index (χ3n) is 7.35. The van der Waals surface area contributed by atoms with E-state index < -0.39 is 33.5 Å². The highest BCUT2D eigenvalue weighted by Gasteiger charge is 2.50. The molecule has 1 heterocycles. The zero-order valence-electron chi connectivity index (χ0n) is 21.2. The van der Waals surface area contributed by atoms with Crippen LogP contribution in [-0.4, -0.2) is 50.5 Å². The van der Waals surface area contributed by atoms with Crippen LogP contribution in [-0.2, 0) is 20.7 Å². The number of sulfonamides is 1. The van der Waals surface area contributed by atoms with E-state index in [1.165, 1.54) is 29.2 Å². The average Bonchev–Trinajstić information content (AvgIpc) is 3.58. The van der Waals surface area contributed by atoms with Gasteiger partial charge in [-0.25, -0.2) is 8.42 Å². The normalized spacial score (nSPS) is 19.5. The molecule has 2 fully saturated rings. The van der Waals surface area contributed by atoms with Gasteiger partial charge in [0, 0.05) is 29.2 Å². The standard InChI is InChI=1S/C28H30BrF2N3O4S/c29-21-9-7-20(8-10-21)28(30,31)26(27(35)34-14-13-22(32)17-34)33-39(36,37)25-12-6-18-15-24(11-5-19(18)16-25)38-23-3-1-2-4-23/h5-12,15-16,22-23,26,33H,1-4,13-14,17,32H2/t22-,26?/m1/s1. The van der Waals surface area contributed by atoms with Gasteiger partial charge in [0.1, 0.15) is 5.75 Å². The van der Waals surface area contributed by atoms with E-state index in [-0.39, 0.29) is 30.1 Å². The summed E-state index contributed by atoms with van der Waals surface area (Å²) in [5.41, 5.74) is 5.41. The Morgan fingerprint density at radius 2 is 1.69 bits per heavy atom. The van der Waals surface area contributed by atoms with E-state index in [2.05, 4.69) is 15.9 Å². The Balaban J connectivity index is 1.44. The van der Waals surface area contributed by atoms with E-state index in [4.69, 9.17) is 10.5 Å². The molecule has 208 valence electrons. The van der Waals surface area contributed by atoms with Crippen molar-refractivity contribution in [3.8, 4) is 5.75 Å². The van der Waals surface area contributed by atoms with Gasteiger partial charge in [-0.15, -0.1) is 0 Å². The first-order valence-corrected chi connectivity index (χ1v) is 15.2. The van der Waals surface area contributed by atoms with Gasteiger partial charge in [-0.2, -0.15) is 13.5 Å². The summed E-state index contributed by atoms with van der Waals surface area (Å²) in [4.78, 5) is 14.3. The Kier molecular flexibility index (Phi) is 7.96. The minimum atomic E-state index is -4.52. The number of nitrogens with zero attached hydrogens (tertiary/aromatic N) is 1. The minimum absolute atomic E-state index is 0.0781. The van der Waals surface area contributed by atoms with Crippen LogP contribution >= 0.6 is 15.9 Å². The SMILES string of the molecule is N[C@@H]1CCN(C(=O)C(NS(=O)(=O)c2ccc3cc(OC4CCCC4)ccc3c2)C(F)(F)c2ccc(Br)cc2)C1. The van der Waals surface area contributed by atoms with E-state index >= 15 is 8.78 Å². The summed E-state index contributed by atoms with van der Waals surface area (Å²) in [5.74, 6) is -4.15. The van der Waals surface area contributed by atoms with Gasteiger partial charge in [0.15, 0.2) is 6.04 Å². The van der Waals surface area contributed by atoms with Crippen LogP contribution < -0.4 is 15.2 Å². The van der Waals surface area contributed by atoms with Crippen molar-refractivity contribution in [3.63, 3.8) is 0 Å². The number of amides is 1. The van der Waals surface area contributed by atoms with Gasteiger partial charge >= 0.3 is 0 Å². The summed E-state index contributed by atoms with van der Waals surface area (Å²) in [5, 5.41) is 1.35. The summed E-state index contributed by atoms with van der Waals surface area (Å²) >= 11 is 3.21. The second kappa shape index (κ2) is 11.1. The summed E-state index contributed by atoms with van der Waals surface area (Å²) in [6.45, 7) is 0.255. The Labute approximate surface area is 234 Å². The van der Waals surface area contributed by atoms with Crippen LogP contribution in [0.25, 0.3) is 10.8 Å². The fourth-order valence-electron chi connectivity index (χ4n) is 5.15. The first-order valence-electron chi connectivity index (χ1n) is 12.9. The minimum Gasteiger partial charge on any atom is -0.490 e. The summed E-state index contributed by atoms with van der Waals surface area (Å²) < 4.78 is 67.2. The summed E-state index contributed by atoms with van der Waals surface area (Å²) in [6, 6.07) is 12.2. The highest BCUT2D eigenvalue weighted by Crippen LogP contribution is 2.35. The summed E-state index contributed by atoms with van der Waals surface area (Å²) in [6.07, 6.45) is 4.93. The van der Waals surface area contributed by atoms with Gasteiger partial charge in [-0.1, -0.05) is 40.2 Å². The molecule has 2 aliphatic rings. The van der Waals surface area contributed by atoms with Crippen molar-refractivity contribution in [2.45, 2.75) is 61.1 Å². The van der Waals surface area contributed by atoms with Gasteiger partial charge in [0.05, 0.1) is 11.0 Å². The molecule has 1 unspecified atom stereocenters. The van der Waals surface area contributed by atoms with Crippen molar-refractivity contribution in [3.05, 3.63) is 70.7 Å². The zero-order chi connectivity index (χ0) is 27.8. The number of hydrogen-bond acceptors (Lipinski definition) is 5. The first-order chi connectivity index (χ1) is 18.5. The maximum atomic E-state index is 15.8. The lowest BCUT2D eigenvalue weighted by molar-refractivity contribution is -0.143. The molecule has 1 aliphatic carbocycles. The summed E-state index contributed by atoms with van der Waals surface area (Å²) in [7, 11) is -4.52. The third-order valence-corrected chi connectivity index (χ3v) is 9.30. The Morgan fingerprint density at radius 1 is 1.03 bits per heavy atom. The van der Waals surface area contributed by atoms with Crippen LogP contribution in [0.5, 0.6) is 5.75 Å². The largest absolute Gasteiger partial charge is 0.490 e. The molecule has 3 N–H and O–H groups in total. The first kappa shape index (κ1) is 27.9. The molecule has 0 radical (unpaired) electrons. The second-order valence-electron chi connectivity index (χ2n) is 10.2. The van der Waals surface area contributed by atoms with Crippen molar-refractivity contribution >= 4 is 42.6 Å². The van der Waals surface area contributed by atoms with Crippen molar-refractivity contribution < 1.29 is 26.7 Å². The maximum absolute atomic E-state index is 15.8. The van der Waals surface area contributed by atoms with Crippen LogP contribution in [0.4, 0.5) is 8.78 Å². The molecule has 5 rings (SSSR count). The van der Waals surface area contributed by atoms with Crippen molar-refractivity contribution in [1.29, 1.82) is 0 Å². The predicted molar refractivity (Wildman–Crippen MR) is 148 cm³/mol. The predicted octanol–water partition coefficient (Wildman–Crippen LogP) is 4.92. The Hall–Kier alpha value is -2.60. The maximum Gasteiger partial charge on any atom is 0.298 e. The molecule has 11 heteroatoms. The molecule has 0 spiro atoms. The number of hydrogen-bond donors (Lipinski definition) is 2. The molecular formula is C28H30BrF2N3O4S. The van der Waals surface area contributed by atoms with Gasteiger partial charge in [-0.05, 0) is 79.3 Å². The topological polar surface area (TPSA) is 102 Å². The second-order valence-corrected chi connectivity index (χ2v) is 12.8. The number of benzene rings is 3. The van der Waals surface area contributed by atoms with Gasteiger partial charge in [-0.3, -0.25) is 4.79 Å². The number of rotatable bonds is 8. The van der Waals surface area contributed by atoms with Gasteiger partial charge in [0.25, 0.3) is 5.92 Å². The lowest BCUT2D eigenvalue weighted by Crippen LogP contribution is -2.56. The molecule has 2 atom stereocenters. The van der Waals surface area contributed by atoms with Crippen molar-refractivity contribution in [2.24, 2.45) is 5.73 Å². The lowest BCUT2D eigenvalue weighted by Gasteiger charge is -2.30. The molecule has 1 saturated carbocycles. The third kappa shape index (κ3) is 6.11. The molecule has 1 amide bonds. The number of carbonyl (C=O) groups is 1. The highest BCUT2D eigenvalue weighted by atomic mass is 79.9. The molecule has 7 nitrogen and oxygen atoms in total. The number of alkyl halides is 2. The quantitative estimate of drug-likeness (QED) is 0.372. The molecule has 0 bridgehead atoms. The Bertz CT molecular complexity index is 1460. The van der Waals surface area contributed by atoms with Crippen LogP contribution in [0.1, 0.15) is 37.7 Å². The van der Waals surface area contributed by atoms with Crippen LogP contribution in [0.3, 0.4) is 0 Å². The lowest BCUT2D eigenvalue weighted by atomic mass is 10.0. The van der Waals surface area contributed by atoms with Crippen LogP contribution in [0.2, 0.25) is 0 Å². The number of carbonyl (C=O) groups excluding carboxylic acids is 1. The van der Waals surface area contributed by atoms with E-state index in [1.54, 1.807) is 18.2 Å². The van der Waals surface area contributed by atoms with E-state index in [9.17, 15) is 13.2 Å². The number of likely N-dealkylation sites (tertiary alicyclic amines) is 1. The number of ether oxygens (including phenoxy) is 1. The molecule has 1 saturated heterocycles.